The van der Waals surface area contributed by atoms with Crippen LogP contribution in [0.25, 0.3) is 22.3 Å². The summed E-state index contributed by atoms with van der Waals surface area (Å²) in [5.74, 6) is 0.614. The summed E-state index contributed by atoms with van der Waals surface area (Å²) in [6.07, 6.45) is 13.6. The fourth-order valence-electron chi connectivity index (χ4n) is 6.45. The molecule has 0 heterocycles. The molecule has 0 fully saturated rings. The molecule has 184 valence electrons. The molecule has 0 amide bonds. The predicted molar refractivity (Wildman–Crippen MR) is 160 cm³/mol. The quantitative estimate of drug-likeness (QED) is 0.301. The molecule has 4 aromatic rings. The molecule has 0 saturated heterocycles. The average molecular weight is 490 g/mol. The highest BCUT2D eigenvalue weighted by Crippen LogP contribution is 2.50. The highest BCUT2D eigenvalue weighted by molar-refractivity contribution is 5.81. The van der Waals surface area contributed by atoms with Gasteiger partial charge < -0.3 is 5.32 Å². The lowest BCUT2D eigenvalue weighted by molar-refractivity contribution is 0.643. The van der Waals surface area contributed by atoms with Gasteiger partial charge in [0.05, 0.1) is 0 Å². The first-order valence-corrected chi connectivity index (χ1v) is 13.5. The highest BCUT2D eigenvalue weighted by Gasteiger charge is 2.36. The van der Waals surface area contributed by atoms with Crippen molar-refractivity contribution in [3.8, 4) is 22.3 Å². The van der Waals surface area contributed by atoms with Gasteiger partial charge in [-0.05, 0) is 62.7 Å². The van der Waals surface area contributed by atoms with E-state index in [9.17, 15) is 0 Å². The van der Waals surface area contributed by atoms with Gasteiger partial charge in [-0.15, -0.1) is 0 Å². The predicted octanol–water partition coefficient (Wildman–Crippen LogP) is 9.42. The molecule has 7 rings (SSSR count). The molecule has 0 radical (unpaired) electrons. The molecule has 2 atom stereocenters. The Morgan fingerprint density at radius 1 is 0.605 bits per heavy atom. The Bertz CT molecular complexity index is 1640. The molecule has 0 bridgehead atoms. The second kappa shape index (κ2) is 8.89. The lowest BCUT2D eigenvalue weighted by atomic mass is 9.74. The smallest absolute Gasteiger partial charge is 0.0420 e. The molecule has 38 heavy (non-hydrogen) atoms. The maximum atomic E-state index is 3.71. The highest BCUT2D eigenvalue weighted by atomic mass is 14.9. The Labute approximate surface area is 225 Å². The Balaban J connectivity index is 1.19. The van der Waals surface area contributed by atoms with Crippen molar-refractivity contribution < 1.29 is 0 Å². The van der Waals surface area contributed by atoms with E-state index in [1.807, 2.05) is 0 Å². The van der Waals surface area contributed by atoms with Gasteiger partial charge in [0.1, 0.15) is 0 Å². The van der Waals surface area contributed by atoms with Gasteiger partial charge in [-0.25, -0.2) is 0 Å². The number of hydrogen-bond acceptors (Lipinski definition) is 1. The van der Waals surface area contributed by atoms with E-state index in [0.29, 0.717) is 11.8 Å². The number of anilines is 1. The van der Waals surface area contributed by atoms with Crippen LogP contribution < -0.4 is 5.32 Å². The lowest BCUT2D eigenvalue weighted by Gasteiger charge is -2.32. The molecular weight excluding hydrogens is 458 g/mol. The molecule has 0 spiro atoms. The molecule has 1 nitrogen and oxygen atoms in total. The van der Waals surface area contributed by atoms with Crippen molar-refractivity contribution in [1.29, 1.82) is 0 Å². The lowest BCUT2D eigenvalue weighted by Crippen LogP contribution is -2.20. The van der Waals surface area contributed by atoms with Crippen molar-refractivity contribution in [2.24, 2.45) is 5.92 Å². The Morgan fingerprint density at radius 2 is 1.34 bits per heavy atom. The number of allylic oxidation sites excluding steroid dienone is 7. The Kier molecular flexibility index (Phi) is 5.33. The summed E-state index contributed by atoms with van der Waals surface area (Å²) in [4.78, 5) is 0. The summed E-state index contributed by atoms with van der Waals surface area (Å²) in [6.45, 7) is 4.72. The van der Waals surface area contributed by atoms with Crippen molar-refractivity contribution in [2.45, 2.75) is 25.2 Å². The van der Waals surface area contributed by atoms with Gasteiger partial charge in [-0.3, -0.25) is 0 Å². The van der Waals surface area contributed by atoms with E-state index in [4.69, 9.17) is 0 Å². The summed E-state index contributed by atoms with van der Waals surface area (Å²) >= 11 is 0. The molecule has 0 aromatic heterocycles. The van der Waals surface area contributed by atoms with Crippen LogP contribution in [0.4, 0.5) is 5.69 Å². The van der Waals surface area contributed by atoms with E-state index >= 15 is 0 Å². The van der Waals surface area contributed by atoms with Gasteiger partial charge in [-0.1, -0.05) is 129 Å². The summed E-state index contributed by atoms with van der Waals surface area (Å²) in [6, 6.07) is 35.3. The zero-order valence-electron chi connectivity index (χ0n) is 21.9. The fourth-order valence-corrected chi connectivity index (χ4v) is 6.45. The zero-order valence-corrected chi connectivity index (χ0v) is 21.9. The minimum Gasteiger partial charge on any atom is -0.355 e. The Hall–Kier alpha value is -4.36. The second-order valence-corrected chi connectivity index (χ2v) is 11.1. The van der Waals surface area contributed by atoms with Crippen LogP contribution in [0.3, 0.4) is 0 Å². The molecule has 1 N–H and O–H groups in total. The first-order chi connectivity index (χ1) is 18.6. The van der Waals surface area contributed by atoms with Crippen molar-refractivity contribution in [2.75, 3.05) is 5.32 Å². The van der Waals surface area contributed by atoms with Crippen molar-refractivity contribution in [3.63, 3.8) is 0 Å². The Morgan fingerprint density at radius 3 is 2.18 bits per heavy atom. The van der Waals surface area contributed by atoms with E-state index in [1.54, 1.807) is 0 Å². The van der Waals surface area contributed by atoms with Crippen LogP contribution in [0.1, 0.15) is 36.5 Å². The molecule has 4 aromatic carbocycles. The van der Waals surface area contributed by atoms with Crippen LogP contribution in [-0.4, -0.2) is 0 Å². The number of fused-ring (bicyclic) bond motifs is 4. The second-order valence-electron chi connectivity index (χ2n) is 11.1. The van der Waals surface area contributed by atoms with Gasteiger partial charge in [0, 0.05) is 28.6 Å². The average Bonchev–Trinajstić information content (AvgIpc) is 3.20. The van der Waals surface area contributed by atoms with Crippen molar-refractivity contribution >= 4 is 5.69 Å². The van der Waals surface area contributed by atoms with Crippen LogP contribution in [0.15, 0.2) is 145 Å². The van der Waals surface area contributed by atoms with E-state index in [1.165, 1.54) is 50.2 Å². The minimum absolute atomic E-state index is 0.0138. The van der Waals surface area contributed by atoms with Gasteiger partial charge in [0.2, 0.25) is 0 Å². The number of rotatable bonds is 4. The largest absolute Gasteiger partial charge is 0.355 e. The molecule has 3 aliphatic carbocycles. The monoisotopic (exact) mass is 489 g/mol. The van der Waals surface area contributed by atoms with E-state index in [2.05, 4.69) is 153 Å². The molecule has 0 saturated carbocycles. The first-order valence-electron chi connectivity index (χ1n) is 13.5. The fraction of sp³-hybridized carbons (Fsp3) is 0.135. The number of nitrogens with one attached hydrogen (secondary N) is 1. The van der Waals surface area contributed by atoms with Crippen LogP contribution in [0, 0.1) is 5.92 Å². The van der Waals surface area contributed by atoms with E-state index in [0.717, 1.165) is 5.69 Å². The van der Waals surface area contributed by atoms with Crippen molar-refractivity contribution in [3.05, 3.63) is 161 Å². The molecule has 3 aliphatic rings. The van der Waals surface area contributed by atoms with Gasteiger partial charge in [0.25, 0.3) is 0 Å². The first kappa shape index (κ1) is 22.8. The number of benzene rings is 4. The molecule has 2 unspecified atom stereocenters. The van der Waals surface area contributed by atoms with Gasteiger partial charge in [0.15, 0.2) is 0 Å². The maximum Gasteiger partial charge on any atom is 0.0420 e. The summed E-state index contributed by atoms with van der Waals surface area (Å²) in [5.41, 5.74) is 13.1. The summed E-state index contributed by atoms with van der Waals surface area (Å²) < 4.78 is 0. The third-order valence-corrected chi connectivity index (χ3v) is 8.50. The maximum absolute atomic E-state index is 3.71. The van der Waals surface area contributed by atoms with Crippen LogP contribution in [-0.2, 0) is 5.41 Å². The SMILES string of the molecule is CC1(C)c2ccccc2-c2ccc(C3C=CC(Nc4ccc(-c5ccccc5)cc4)=C4C=CC=CC43)cc21. The zero-order chi connectivity index (χ0) is 25.7. The van der Waals surface area contributed by atoms with Crippen LogP contribution in [0.5, 0.6) is 0 Å². The third-order valence-electron chi connectivity index (χ3n) is 8.50. The van der Waals surface area contributed by atoms with Crippen LogP contribution >= 0.6 is 0 Å². The van der Waals surface area contributed by atoms with E-state index < -0.39 is 0 Å². The molecule has 1 heteroatoms. The van der Waals surface area contributed by atoms with E-state index in [-0.39, 0.29) is 5.41 Å². The van der Waals surface area contributed by atoms with Gasteiger partial charge in [-0.2, -0.15) is 0 Å². The molecular formula is C37H31N. The summed E-state index contributed by atoms with van der Waals surface area (Å²) in [5, 5.41) is 3.71. The third kappa shape index (κ3) is 3.70. The summed E-state index contributed by atoms with van der Waals surface area (Å²) in [7, 11) is 0. The standard InChI is InChI=1S/C37H31N/c1-37(2)34-15-9-8-13-31(34)32-21-18-27(24-35(32)37)29-22-23-36(33-14-7-6-12-30(29)33)38-28-19-16-26(17-20-28)25-10-4-3-5-11-25/h3-24,29-30,38H,1-2H3. The number of hydrogen-bond donors (Lipinski definition) is 1. The van der Waals surface area contributed by atoms with Gasteiger partial charge >= 0.3 is 0 Å². The van der Waals surface area contributed by atoms with Crippen LogP contribution in [0.2, 0.25) is 0 Å². The van der Waals surface area contributed by atoms with Crippen molar-refractivity contribution in [1.82, 2.24) is 0 Å². The normalized spacial score (nSPS) is 20.2. The molecule has 0 aliphatic heterocycles. The topological polar surface area (TPSA) is 12.0 Å². The minimum atomic E-state index is 0.0138.